The van der Waals surface area contributed by atoms with Gasteiger partial charge < -0.3 is 10.1 Å². The Labute approximate surface area is 156 Å². The number of carbonyl (C=O) groups excluding carboxylic acids is 1. The van der Waals surface area contributed by atoms with E-state index in [0.717, 1.165) is 10.4 Å². The summed E-state index contributed by atoms with van der Waals surface area (Å²) in [5, 5.41) is 17.4. The van der Waals surface area contributed by atoms with Gasteiger partial charge in [-0.2, -0.15) is 4.80 Å². The Kier molecular flexibility index (Phi) is 5.62. The number of tetrazole rings is 1. The third-order valence-corrected chi connectivity index (χ3v) is 4.85. The fraction of sp³-hybridized carbons (Fsp3) is 0.333. The number of amides is 1. The van der Waals surface area contributed by atoms with Crippen molar-refractivity contribution in [2.45, 2.75) is 26.4 Å². The van der Waals surface area contributed by atoms with E-state index in [1.54, 1.807) is 18.4 Å². The molecule has 0 aliphatic rings. The van der Waals surface area contributed by atoms with E-state index in [4.69, 9.17) is 4.74 Å². The summed E-state index contributed by atoms with van der Waals surface area (Å²) in [5.74, 6) is 1.31. The third-order valence-electron chi connectivity index (χ3n) is 3.90. The Balaban J connectivity index is 1.67. The minimum absolute atomic E-state index is 0.0194. The van der Waals surface area contributed by atoms with Crippen LogP contribution >= 0.6 is 11.3 Å². The van der Waals surface area contributed by atoms with Crippen molar-refractivity contribution in [2.24, 2.45) is 5.92 Å². The van der Waals surface area contributed by atoms with Crippen LogP contribution in [0.3, 0.4) is 0 Å². The van der Waals surface area contributed by atoms with Crippen LogP contribution in [0.1, 0.15) is 24.8 Å². The van der Waals surface area contributed by atoms with E-state index < -0.39 is 0 Å². The zero-order valence-corrected chi connectivity index (χ0v) is 15.7. The first-order valence-corrected chi connectivity index (χ1v) is 9.20. The van der Waals surface area contributed by atoms with Gasteiger partial charge in [-0.1, -0.05) is 32.0 Å². The highest BCUT2D eigenvalue weighted by molar-refractivity contribution is 7.10. The van der Waals surface area contributed by atoms with Crippen LogP contribution in [0.25, 0.3) is 11.4 Å². The molecular formula is C18H21N5O2S. The maximum absolute atomic E-state index is 12.4. The van der Waals surface area contributed by atoms with Crippen molar-refractivity contribution in [3.05, 3.63) is 46.7 Å². The minimum Gasteiger partial charge on any atom is -0.497 e. The van der Waals surface area contributed by atoms with Gasteiger partial charge in [-0.05, 0) is 34.7 Å². The second kappa shape index (κ2) is 8.09. The molecule has 0 unspecified atom stereocenters. The summed E-state index contributed by atoms with van der Waals surface area (Å²) < 4.78 is 5.20. The van der Waals surface area contributed by atoms with Crippen molar-refractivity contribution in [2.75, 3.05) is 7.11 Å². The molecule has 1 N–H and O–H groups in total. The van der Waals surface area contributed by atoms with Crippen LogP contribution in [0, 0.1) is 5.92 Å². The highest BCUT2D eigenvalue weighted by Gasteiger charge is 2.20. The summed E-state index contributed by atoms with van der Waals surface area (Å²) in [6.07, 6.45) is 0. The highest BCUT2D eigenvalue weighted by atomic mass is 32.1. The van der Waals surface area contributed by atoms with E-state index in [-0.39, 0.29) is 24.4 Å². The predicted molar refractivity (Wildman–Crippen MR) is 99.8 cm³/mol. The smallest absolute Gasteiger partial charge is 0.244 e. The molecule has 0 aliphatic carbocycles. The second-order valence-electron chi connectivity index (χ2n) is 6.18. The molecular weight excluding hydrogens is 350 g/mol. The summed E-state index contributed by atoms with van der Waals surface area (Å²) in [6.45, 7) is 4.18. The summed E-state index contributed by atoms with van der Waals surface area (Å²) in [5.41, 5.74) is 0.787. The molecule has 0 fully saturated rings. The van der Waals surface area contributed by atoms with Crippen LogP contribution in [0.4, 0.5) is 0 Å². The van der Waals surface area contributed by atoms with E-state index in [1.807, 2.05) is 41.8 Å². The summed E-state index contributed by atoms with van der Waals surface area (Å²) in [7, 11) is 1.60. The Morgan fingerprint density at radius 2 is 2.15 bits per heavy atom. The summed E-state index contributed by atoms with van der Waals surface area (Å²) >= 11 is 1.64. The van der Waals surface area contributed by atoms with E-state index >= 15 is 0 Å². The number of nitrogens with one attached hydrogen (secondary N) is 1. The Bertz CT molecular complexity index is 860. The number of methoxy groups -OCH3 is 1. The van der Waals surface area contributed by atoms with Gasteiger partial charge >= 0.3 is 0 Å². The topological polar surface area (TPSA) is 81.9 Å². The van der Waals surface area contributed by atoms with Crippen LogP contribution in [0.5, 0.6) is 5.75 Å². The van der Waals surface area contributed by atoms with Crippen molar-refractivity contribution < 1.29 is 9.53 Å². The third kappa shape index (κ3) is 4.26. The largest absolute Gasteiger partial charge is 0.497 e. The molecule has 0 bridgehead atoms. The Morgan fingerprint density at radius 1 is 1.31 bits per heavy atom. The number of rotatable bonds is 7. The molecule has 1 aromatic carbocycles. The predicted octanol–water partition coefficient (Wildman–Crippen LogP) is 2.92. The van der Waals surface area contributed by atoms with Crippen molar-refractivity contribution in [1.82, 2.24) is 25.5 Å². The van der Waals surface area contributed by atoms with Crippen LogP contribution in [0.15, 0.2) is 41.8 Å². The molecule has 1 amide bonds. The molecule has 3 aromatic rings. The molecule has 0 radical (unpaired) electrons. The fourth-order valence-electron chi connectivity index (χ4n) is 2.57. The monoisotopic (exact) mass is 371 g/mol. The molecule has 8 heteroatoms. The average molecular weight is 371 g/mol. The molecule has 1 atom stereocenters. The SMILES string of the molecule is COc1cccc(-c2nnn(CC(=O)N[C@@H](c3cccs3)C(C)C)n2)c1. The van der Waals surface area contributed by atoms with Gasteiger partial charge in [-0.3, -0.25) is 4.79 Å². The molecule has 2 aromatic heterocycles. The average Bonchev–Trinajstić information content (AvgIpc) is 3.31. The Hall–Kier alpha value is -2.74. The van der Waals surface area contributed by atoms with E-state index in [0.29, 0.717) is 11.6 Å². The Morgan fingerprint density at radius 3 is 2.85 bits per heavy atom. The van der Waals surface area contributed by atoms with Crippen molar-refractivity contribution in [3.8, 4) is 17.1 Å². The van der Waals surface area contributed by atoms with Gasteiger partial charge in [0.1, 0.15) is 12.3 Å². The lowest BCUT2D eigenvalue weighted by molar-refractivity contribution is -0.123. The van der Waals surface area contributed by atoms with Gasteiger partial charge in [-0.25, -0.2) is 0 Å². The van der Waals surface area contributed by atoms with Crippen molar-refractivity contribution in [1.29, 1.82) is 0 Å². The quantitative estimate of drug-likeness (QED) is 0.690. The fourth-order valence-corrected chi connectivity index (χ4v) is 3.52. The molecule has 26 heavy (non-hydrogen) atoms. The number of thiophene rings is 1. The zero-order chi connectivity index (χ0) is 18.5. The normalized spacial score (nSPS) is 12.2. The van der Waals surface area contributed by atoms with Crippen molar-refractivity contribution in [3.63, 3.8) is 0 Å². The maximum Gasteiger partial charge on any atom is 0.244 e. The number of carbonyl (C=O) groups is 1. The molecule has 0 saturated carbocycles. The van der Waals surface area contributed by atoms with E-state index in [1.165, 1.54) is 4.80 Å². The second-order valence-corrected chi connectivity index (χ2v) is 7.16. The number of ether oxygens (including phenoxy) is 1. The van der Waals surface area contributed by atoms with Gasteiger partial charge in [0.15, 0.2) is 0 Å². The maximum atomic E-state index is 12.4. The highest BCUT2D eigenvalue weighted by Crippen LogP contribution is 2.25. The lowest BCUT2D eigenvalue weighted by atomic mass is 10.0. The zero-order valence-electron chi connectivity index (χ0n) is 14.9. The summed E-state index contributed by atoms with van der Waals surface area (Å²) in [6, 6.07) is 11.4. The van der Waals surface area contributed by atoms with Gasteiger partial charge in [0.05, 0.1) is 13.2 Å². The molecule has 0 aliphatic heterocycles. The standard InChI is InChI=1S/C18H21N5O2S/c1-12(2)17(15-8-5-9-26-15)19-16(24)11-23-21-18(20-22-23)13-6-4-7-14(10-13)25-3/h4-10,12,17H,11H2,1-3H3,(H,19,24)/t17-/m1/s1. The van der Waals surface area contributed by atoms with Gasteiger partial charge in [0, 0.05) is 10.4 Å². The molecule has 2 heterocycles. The molecule has 0 saturated heterocycles. The number of hydrogen-bond donors (Lipinski definition) is 1. The van der Waals surface area contributed by atoms with Crippen LogP contribution in [0.2, 0.25) is 0 Å². The van der Waals surface area contributed by atoms with Crippen LogP contribution < -0.4 is 10.1 Å². The number of nitrogens with zero attached hydrogens (tertiary/aromatic N) is 4. The number of benzene rings is 1. The molecule has 0 spiro atoms. The van der Waals surface area contributed by atoms with Crippen molar-refractivity contribution >= 4 is 17.2 Å². The summed E-state index contributed by atoms with van der Waals surface area (Å²) in [4.78, 5) is 14.9. The lowest BCUT2D eigenvalue weighted by Crippen LogP contribution is -2.34. The first-order valence-electron chi connectivity index (χ1n) is 8.32. The molecule has 3 rings (SSSR count). The van der Waals surface area contributed by atoms with Gasteiger partial charge in [0.2, 0.25) is 11.7 Å². The minimum atomic E-state index is -0.147. The van der Waals surface area contributed by atoms with E-state index in [9.17, 15) is 4.79 Å². The lowest BCUT2D eigenvalue weighted by Gasteiger charge is -2.21. The number of aromatic nitrogens is 4. The van der Waals surface area contributed by atoms with E-state index in [2.05, 4.69) is 34.6 Å². The van der Waals surface area contributed by atoms with Gasteiger partial charge in [0.25, 0.3) is 0 Å². The van der Waals surface area contributed by atoms with Crippen LogP contribution in [-0.2, 0) is 11.3 Å². The first kappa shape index (κ1) is 18.1. The molecule has 136 valence electrons. The van der Waals surface area contributed by atoms with Crippen LogP contribution in [-0.4, -0.2) is 33.2 Å². The van der Waals surface area contributed by atoms with Gasteiger partial charge in [-0.15, -0.1) is 21.5 Å². The molecule has 7 nitrogen and oxygen atoms in total. The number of hydrogen-bond acceptors (Lipinski definition) is 6. The first-order chi connectivity index (χ1) is 12.6.